The van der Waals surface area contributed by atoms with Gasteiger partial charge in [0.25, 0.3) is 0 Å². The maximum Gasteiger partial charge on any atom is 0.321 e. The Morgan fingerprint density at radius 3 is 3.07 bits per heavy atom. The van der Waals surface area contributed by atoms with Gasteiger partial charge in [0.2, 0.25) is 0 Å². The smallest absolute Gasteiger partial charge is 0.321 e. The van der Waals surface area contributed by atoms with Gasteiger partial charge >= 0.3 is 6.03 Å². The fourth-order valence-electron chi connectivity index (χ4n) is 3.03. The molecule has 2 aromatic heterocycles. The molecule has 1 fully saturated rings. The van der Waals surface area contributed by atoms with Crippen LogP contribution in [0.15, 0.2) is 36.0 Å². The fourth-order valence-corrected chi connectivity index (χ4v) is 4.03. The average Bonchev–Trinajstić information content (AvgIpc) is 3.44. The van der Waals surface area contributed by atoms with Crippen molar-refractivity contribution in [3.8, 4) is 11.3 Å². The topological polar surface area (TPSA) is 84.3 Å². The molecular weight excluding hydrogens is 412 g/mol. The lowest BCUT2D eigenvalue weighted by molar-refractivity contribution is 0.136. The first kappa shape index (κ1) is 19.7. The van der Waals surface area contributed by atoms with Crippen molar-refractivity contribution in [1.29, 1.82) is 0 Å². The molecule has 0 aliphatic carbocycles. The van der Waals surface area contributed by atoms with Crippen LogP contribution in [0, 0.1) is 0 Å². The van der Waals surface area contributed by atoms with Crippen LogP contribution in [0.5, 0.6) is 0 Å². The molecule has 1 aliphatic heterocycles. The van der Waals surface area contributed by atoms with E-state index >= 15 is 0 Å². The number of anilines is 3. The van der Waals surface area contributed by atoms with Gasteiger partial charge in [-0.25, -0.2) is 9.78 Å². The molecule has 0 bridgehead atoms. The van der Waals surface area contributed by atoms with Crippen molar-refractivity contribution in [2.75, 3.05) is 36.5 Å². The second-order valence-corrected chi connectivity index (χ2v) is 7.66. The highest BCUT2D eigenvalue weighted by molar-refractivity contribution is 7.14. The molecule has 152 valence electrons. The highest BCUT2D eigenvalue weighted by Crippen LogP contribution is 2.34. The number of ether oxygens (including phenoxy) is 1. The predicted molar refractivity (Wildman–Crippen MR) is 115 cm³/mol. The number of halogens is 1. The van der Waals surface area contributed by atoms with E-state index in [2.05, 4.69) is 20.7 Å². The minimum Gasteiger partial charge on any atom is -0.380 e. The number of thiazole rings is 1. The second-order valence-electron chi connectivity index (χ2n) is 6.40. The highest BCUT2D eigenvalue weighted by Gasteiger charge is 2.22. The molecule has 8 nitrogen and oxygen atoms in total. The summed E-state index contributed by atoms with van der Waals surface area (Å²) >= 11 is 7.98. The number of benzene rings is 1. The van der Waals surface area contributed by atoms with E-state index in [0.29, 0.717) is 37.9 Å². The molecule has 0 atom stereocenters. The van der Waals surface area contributed by atoms with E-state index in [9.17, 15) is 4.79 Å². The van der Waals surface area contributed by atoms with E-state index in [1.165, 1.54) is 11.3 Å². The van der Waals surface area contributed by atoms with Crippen molar-refractivity contribution in [1.82, 2.24) is 20.1 Å². The lowest BCUT2D eigenvalue weighted by Gasteiger charge is -2.15. The summed E-state index contributed by atoms with van der Waals surface area (Å²) in [7, 11) is 0. The Bertz CT molecular complexity index is 1000. The van der Waals surface area contributed by atoms with Crippen molar-refractivity contribution < 1.29 is 9.53 Å². The number of carbonyl (C=O) groups excluding carboxylic acids is 1. The number of nitrogens with zero attached hydrogens (tertiary/aromatic N) is 4. The summed E-state index contributed by atoms with van der Waals surface area (Å²) in [6.45, 7) is 5.28. The van der Waals surface area contributed by atoms with Crippen LogP contribution >= 0.6 is 22.9 Å². The number of rotatable bonds is 8. The molecular formula is C19H21ClN6O2S. The van der Waals surface area contributed by atoms with E-state index in [4.69, 9.17) is 16.3 Å². The van der Waals surface area contributed by atoms with Gasteiger partial charge in [-0.15, -0.1) is 11.3 Å². The molecule has 10 heteroatoms. The van der Waals surface area contributed by atoms with E-state index in [-0.39, 0.29) is 6.03 Å². The monoisotopic (exact) mass is 432 g/mol. The molecule has 1 saturated heterocycles. The molecule has 0 saturated carbocycles. The number of hydrogen-bond donors (Lipinski definition) is 2. The molecule has 1 aliphatic rings. The van der Waals surface area contributed by atoms with Crippen LogP contribution in [0.25, 0.3) is 11.3 Å². The summed E-state index contributed by atoms with van der Waals surface area (Å²) < 4.78 is 7.18. The van der Waals surface area contributed by atoms with Crippen LogP contribution in [0.3, 0.4) is 0 Å². The third-order valence-electron chi connectivity index (χ3n) is 4.45. The van der Waals surface area contributed by atoms with E-state index in [1.54, 1.807) is 17.2 Å². The standard InChI is InChI=1S/C19H21ClN6O2S/c1-2-28-8-7-25-11-13(10-22-25)23-18-24-17(12-29-18)15-4-3-14(9-16(15)20)26-6-5-21-19(26)27/h3-4,9-12H,2,5-8H2,1H3,(H,21,27)(H,23,24). The Hall–Kier alpha value is -2.62. The molecule has 2 N–H and O–H groups in total. The largest absolute Gasteiger partial charge is 0.380 e. The number of aromatic nitrogens is 3. The zero-order valence-electron chi connectivity index (χ0n) is 15.9. The van der Waals surface area contributed by atoms with Crippen molar-refractivity contribution in [3.63, 3.8) is 0 Å². The highest BCUT2D eigenvalue weighted by atomic mass is 35.5. The van der Waals surface area contributed by atoms with Gasteiger partial charge in [-0.05, 0) is 25.1 Å². The van der Waals surface area contributed by atoms with Crippen LogP contribution in [0.4, 0.5) is 21.3 Å². The van der Waals surface area contributed by atoms with E-state index < -0.39 is 0 Å². The summed E-state index contributed by atoms with van der Waals surface area (Å²) in [5.41, 5.74) is 3.25. The van der Waals surface area contributed by atoms with Gasteiger partial charge in [-0.2, -0.15) is 5.10 Å². The van der Waals surface area contributed by atoms with Gasteiger partial charge in [0.1, 0.15) is 0 Å². The minimum atomic E-state index is -0.101. The molecule has 3 heterocycles. The normalized spacial score (nSPS) is 13.7. The molecule has 29 heavy (non-hydrogen) atoms. The van der Waals surface area contributed by atoms with Crippen molar-refractivity contribution in [2.45, 2.75) is 13.5 Å². The lowest BCUT2D eigenvalue weighted by atomic mass is 10.1. The second kappa shape index (κ2) is 8.81. The van der Waals surface area contributed by atoms with Gasteiger partial charge in [-0.3, -0.25) is 9.58 Å². The van der Waals surface area contributed by atoms with Gasteiger partial charge in [-0.1, -0.05) is 11.6 Å². The molecule has 0 unspecified atom stereocenters. The summed E-state index contributed by atoms with van der Waals surface area (Å²) in [6.07, 6.45) is 3.68. The van der Waals surface area contributed by atoms with Gasteiger partial charge in [0.05, 0.1) is 35.8 Å². The van der Waals surface area contributed by atoms with E-state index in [0.717, 1.165) is 27.8 Å². The molecule has 4 rings (SSSR count). The predicted octanol–water partition coefficient (Wildman–Crippen LogP) is 3.97. The first-order valence-electron chi connectivity index (χ1n) is 9.32. The van der Waals surface area contributed by atoms with E-state index in [1.807, 2.05) is 35.3 Å². The zero-order chi connectivity index (χ0) is 20.2. The third kappa shape index (κ3) is 4.52. The van der Waals surface area contributed by atoms with Gasteiger partial charge in [0, 0.05) is 42.5 Å². The molecule has 2 amide bonds. The summed E-state index contributed by atoms with van der Waals surface area (Å²) in [5.74, 6) is 0. The quantitative estimate of drug-likeness (QED) is 0.526. The molecule has 1 aromatic carbocycles. The van der Waals surface area contributed by atoms with Crippen LogP contribution in [0.2, 0.25) is 5.02 Å². The minimum absolute atomic E-state index is 0.101. The van der Waals surface area contributed by atoms with Crippen LogP contribution < -0.4 is 15.5 Å². The number of carbonyl (C=O) groups is 1. The SMILES string of the molecule is CCOCCn1cc(Nc2nc(-c3ccc(N4CCNC4=O)cc3Cl)cs2)cn1. The fraction of sp³-hybridized carbons (Fsp3) is 0.316. The first-order chi connectivity index (χ1) is 14.1. The number of urea groups is 1. The summed E-state index contributed by atoms with van der Waals surface area (Å²) in [5, 5.41) is 13.6. The molecule has 0 spiro atoms. The Morgan fingerprint density at radius 2 is 2.31 bits per heavy atom. The first-order valence-corrected chi connectivity index (χ1v) is 10.6. The summed E-state index contributed by atoms with van der Waals surface area (Å²) in [4.78, 5) is 18.1. The lowest BCUT2D eigenvalue weighted by Crippen LogP contribution is -2.27. The Morgan fingerprint density at radius 1 is 1.41 bits per heavy atom. The number of amides is 2. The number of nitrogens with one attached hydrogen (secondary N) is 2. The van der Waals surface area contributed by atoms with Gasteiger partial charge < -0.3 is 15.4 Å². The van der Waals surface area contributed by atoms with Crippen molar-refractivity contribution >= 4 is 45.5 Å². The van der Waals surface area contributed by atoms with Crippen LogP contribution in [-0.4, -0.2) is 47.1 Å². The van der Waals surface area contributed by atoms with Crippen LogP contribution in [0.1, 0.15) is 6.92 Å². The number of hydrogen-bond acceptors (Lipinski definition) is 6. The maximum absolute atomic E-state index is 11.8. The maximum atomic E-state index is 11.8. The Balaban J connectivity index is 1.44. The third-order valence-corrected chi connectivity index (χ3v) is 5.53. The summed E-state index contributed by atoms with van der Waals surface area (Å²) in [6, 6.07) is 5.49. The Labute approximate surface area is 177 Å². The van der Waals surface area contributed by atoms with Crippen LogP contribution in [-0.2, 0) is 11.3 Å². The average molecular weight is 433 g/mol. The Kier molecular flexibility index (Phi) is 5.98. The zero-order valence-corrected chi connectivity index (χ0v) is 17.5. The van der Waals surface area contributed by atoms with Crippen molar-refractivity contribution in [3.05, 3.63) is 41.0 Å². The molecule has 0 radical (unpaired) electrons. The van der Waals surface area contributed by atoms with Gasteiger partial charge in [0.15, 0.2) is 5.13 Å². The molecule has 3 aromatic rings. The van der Waals surface area contributed by atoms with Crippen molar-refractivity contribution in [2.24, 2.45) is 0 Å².